The van der Waals surface area contributed by atoms with Crippen molar-refractivity contribution in [1.29, 1.82) is 0 Å². The van der Waals surface area contributed by atoms with Crippen LogP contribution in [0.4, 0.5) is 29.2 Å². The number of carbonyl (C=O) groups is 2. The van der Waals surface area contributed by atoms with Crippen molar-refractivity contribution in [3.63, 3.8) is 0 Å². The summed E-state index contributed by atoms with van der Waals surface area (Å²) in [6.45, 7) is 17.9. The third-order valence-corrected chi connectivity index (χ3v) is 13.8. The largest absolute Gasteiger partial charge is 0.496 e. The van der Waals surface area contributed by atoms with E-state index in [1.807, 2.05) is 48.5 Å². The zero-order chi connectivity index (χ0) is 49.9. The minimum Gasteiger partial charge on any atom is -0.496 e. The van der Waals surface area contributed by atoms with Crippen molar-refractivity contribution in [3.05, 3.63) is 71.8 Å². The van der Waals surface area contributed by atoms with Gasteiger partial charge >= 0.3 is 5.97 Å². The number of ether oxygens (including phenoxy) is 6. The van der Waals surface area contributed by atoms with E-state index in [2.05, 4.69) is 57.9 Å². The third-order valence-electron chi connectivity index (χ3n) is 13.8. The Labute approximate surface area is 418 Å². The minimum absolute atomic E-state index is 0.0767. The number of hydrogen-bond donors (Lipinski definition) is 2. The molecule has 1 amide bonds. The molecule has 11 rings (SSSR count). The number of carbonyl (C=O) groups excluding carboxylic acids is 2. The lowest BCUT2D eigenvalue weighted by Gasteiger charge is -2.37. The maximum Gasteiger partial charge on any atom is 0.341 e. The van der Waals surface area contributed by atoms with Crippen LogP contribution in [0.25, 0.3) is 44.6 Å². The summed E-state index contributed by atoms with van der Waals surface area (Å²) in [5.41, 5.74) is 6.13. The Balaban J connectivity index is 0.000000166. The van der Waals surface area contributed by atoms with Gasteiger partial charge in [0.1, 0.15) is 22.9 Å². The van der Waals surface area contributed by atoms with Crippen LogP contribution in [0.1, 0.15) is 48.4 Å². The number of morpholine rings is 4. The van der Waals surface area contributed by atoms with Gasteiger partial charge in [-0.1, -0.05) is 6.07 Å². The van der Waals surface area contributed by atoms with Gasteiger partial charge in [-0.2, -0.15) is 19.9 Å². The van der Waals surface area contributed by atoms with E-state index in [0.717, 1.165) is 64.6 Å². The molecule has 0 bridgehead atoms. The van der Waals surface area contributed by atoms with Gasteiger partial charge in [0.05, 0.1) is 119 Å². The molecule has 0 radical (unpaired) electrons. The van der Waals surface area contributed by atoms with Crippen LogP contribution in [0.5, 0.6) is 5.75 Å². The summed E-state index contributed by atoms with van der Waals surface area (Å²) < 4.78 is 32.9. The Morgan fingerprint density at radius 2 is 1.04 bits per heavy atom. The van der Waals surface area contributed by atoms with Gasteiger partial charge in [-0.05, 0) is 82.3 Å². The Bertz CT molecular complexity index is 2820. The second-order valence-electron chi connectivity index (χ2n) is 18.6. The number of fused-ring (bicyclic) bond motifs is 3. The fraction of sp³-hybridized carbons (Fsp3) is 0.462. The zero-order valence-corrected chi connectivity index (χ0v) is 41.7. The molecular formula is C52H62N12O8. The highest BCUT2D eigenvalue weighted by Crippen LogP contribution is 2.35. The number of hydrogen-bond acceptors (Lipinski definition) is 19. The second-order valence-corrected chi connectivity index (χ2v) is 18.6. The SMILES string of the molecule is COC(=O)c1cc(-c2ccc3c(N4CCOC[C@@H]4C)nc(N4CCOC[C@@H]4C)nc3n2)ccc1OC.C[C@H]1COCCN1c1nc(N2CCOC[C@@H]2C)c2ccc(-c3ccc4c(c3)C(=O)NCCN4)nc2n1. The molecular weight excluding hydrogens is 921 g/mol. The van der Waals surface area contributed by atoms with Crippen molar-refractivity contribution >= 4 is 63.2 Å². The first-order chi connectivity index (χ1) is 35.1. The quantitative estimate of drug-likeness (QED) is 0.187. The molecule has 0 saturated carbocycles. The van der Waals surface area contributed by atoms with Gasteiger partial charge in [-0.15, -0.1) is 0 Å². The molecule has 20 heteroatoms. The fourth-order valence-corrected chi connectivity index (χ4v) is 9.76. The summed E-state index contributed by atoms with van der Waals surface area (Å²) in [7, 11) is 2.87. The topological polar surface area (TPSA) is 204 Å². The predicted molar refractivity (Wildman–Crippen MR) is 275 cm³/mol. The Hall–Kier alpha value is -7.00. The molecule has 6 aromatic rings. The van der Waals surface area contributed by atoms with Crippen LogP contribution < -0.4 is 35.0 Å². The van der Waals surface area contributed by atoms with E-state index in [9.17, 15) is 9.59 Å². The maximum absolute atomic E-state index is 12.6. The average Bonchev–Trinajstić information content (AvgIpc) is 3.60. The molecule has 4 atom stereocenters. The summed E-state index contributed by atoms with van der Waals surface area (Å²) in [5.74, 6) is 2.95. The highest BCUT2D eigenvalue weighted by Gasteiger charge is 2.30. The fourth-order valence-electron chi connectivity index (χ4n) is 9.76. The first kappa shape index (κ1) is 48.6. The standard InChI is InChI=1S/C26H31N7O3.C26H31N5O5/c1-16-14-35-11-9-32(16)24-19-4-6-21(18-3-5-22-20(13-18)25(34)28-8-7-27-22)29-23(19)30-26(31-24)33-10-12-36-15-17(33)2;1-16-14-35-11-9-30(16)24-19-6-7-21(18-5-8-22(33-3)20(13-18)25(32)34-4)27-23(19)28-26(29-24)31-10-12-36-15-17(31)2/h3-6,13,16-17,27H,7-12,14-15H2,1-2H3,(H,28,34);5-8,13,16-17H,9-12,14-15H2,1-4H3/t2*16-,17-/m00/s1. The molecule has 72 heavy (non-hydrogen) atoms. The van der Waals surface area contributed by atoms with Crippen molar-refractivity contribution in [2.45, 2.75) is 51.9 Å². The lowest BCUT2D eigenvalue weighted by molar-refractivity contribution is 0.0597. The van der Waals surface area contributed by atoms with Crippen molar-refractivity contribution < 1.29 is 38.0 Å². The van der Waals surface area contributed by atoms with Gasteiger partial charge in [0.2, 0.25) is 11.9 Å². The zero-order valence-electron chi connectivity index (χ0n) is 41.7. The number of esters is 1. The van der Waals surface area contributed by atoms with Crippen LogP contribution in [0, 0.1) is 0 Å². The van der Waals surface area contributed by atoms with E-state index in [1.54, 1.807) is 12.1 Å². The highest BCUT2D eigenvalue weighted by molar-refractivity contribution is 6.01. The van der Waals surface area contributed by atoms with Crippen LogP contribution >= 0.6 is 0 Å². The number of nitrogens with zero attached hydrogens (tertiary/aromatic N) is 10. The van der Waals surface area contributed by atoms with E-state index >= 15 is 0 Å². The number of aromatic nitrogens is 6. The Morgan fingerprint density at radius 3 is 1.53 bits per heavy atom. The molecule has 0 unspecified atom stereocenters. The second kappa shape index (κ2) is 21.4. The van der Waals surface area contributed by atoms with E-state index in [4.69, 9.17) is 58.3 Å². The Kier molecular flexibility index (Phi) is 14.4. The first-order valence-corrected chi connectivity index (χ1v) is 24.8. The molecule has 378 valence electrons. The summed E-state index contributed by atoms with van der Waals surface area (Å²) in [5, 5.41) is 8.02. The summed E-state index contributed by atoms with van der Waals surface area (Å²) in [4.78, 5) is 63.7. The molecule has 0 spiro atoms. The molecule has 0 aliphatic carbocycles. The first-order valence-electron chi connectivity index (χ1n) is 24.8. The Morgan fingerprint density at radius 1 is 0.569 bits per heavy atom. The molecule has 2 N–H and O–H groups in total. The summed E-state index contributed by atoms with van der Waals surface area (Å²) >= 11 is 0. The van der Waals surface area contributed by atoms with Gasteiger partial charge < -0.3 is 58.7 Å². The lowest BCUT2D eigenvalue weighted by Crippen LogP contribution is -2.46. The molecule has 4 fully saturated rings. The van der Waals surface area contributed by atoms with Crippen molar-refractivity contribution in [2.75, 3.05) is 131 Å². The van der Waals surface area contributed by atoms with Gasteiger partial charge in [-0.3, -0.25) is 4.79 Å². The van der Waals surface area contributed by atoms with Gasteiger partial charge in [0.25, 0.3) is 5.91 Å². The maximum atomic E-state index is 12.6. The van der Waals surface area contributed by atoms with Crippen molar-refractivity contribution in [2.24, 2.45) is 0 Å². The van der Waals surface area contributed by atoms with Crippen molar-refractivity contribution in [3.8, 4) is 28.3 Å². The summed E-state index contributed by atoms with van der Waals surface area (Å²) in [6.07, 6.45) is 0. The lowest BCUT2D eigenvalue weighted by atomic mass is 10.0. The number of rotatable bonds is 8. The summed E-state index contributed by atoms with van der Waals surface area (Å²) in [6, 6.07) is 19.9. The van der Waals surface area contributed by atoms with E-state index in [1.165, 1.54) is 14.2 Å². The number of nitrogens with one attached hydrogen (secondary N) is 2. The van der Waals surface area contributed by atoms with Crippen LogP contribution in [-0.2, 0) is 23.7 Å². The highest BCUT2D eigenvalue weighted by atomic mass is 16.5. The minimum atomic E-state index is -0.469. The normalized spacial score (nSPS) is 21.5. The number of pyridine rings is 2. The molecule has 2 aromatic carbocycles. The van der Waals surface area contributed by atoms with Gasteiger partial charge in [0.15, 0.2) is 11.3 Å². The van der Waals surface area contributed by atoms with E-state index < -0.39 is 5.97 Å². The number of methoxy groups -OCH3 is 2. The molecule has 5 aliphatic heterocycles. The number of benzene rings is 2. The molecule has 5 aliphatic rings. The molecule has 9 heterocycles. The van der Waals surface area contributed by atoms with E-state index in [0.29, 0.717) is 118 Å². The van der Waals surface area contributed by atoms with Crippen LogP contribution in [0.2, 0.25) is 0 Å². The molecule has 20 nitrogen and oxygen atoms in total. The monoisotopic (exact) mass is 982 g/mol. The third kappa shape index (κ3) is 9.95. The molecule has 4 aromatic heterocycles. The van der Waals surface area contributed by atoms with Crippen LogP contribution in [-0.4, -0.2) is 172 Å². The number of amides is 1. The average molecular weight is 983 g/mol. The van der Waals surface area contributed by atoms with Gasteiger partial charge in [-0.25, -0.2) is 14.8 Å². The predicted octanol–water partition coefficient (Wildman–Crippen LogP) is 5.23. The number of anilines is 5. The molecule has 4 saturated heterocycles. The smallest absolute Gasteiger partial charge is 0.341 e. The van der Waals surface area contributed by atoms with Crippen LogP contribution in [0.3, 0.4) is 0 Å². The van der Waals surface area contributed by atoms with Gasteiger partial charge in [0, 0.05) is 56.1 Å². The van der Waals surface area contributed by atoms with Crippen LogP contribution in [0.15, 0.2) is 60.7 Å². The van der Waals surface area contributed by atoms with Crippen molar-refractivity contribution in [1.82, 2.24) is 35.2 Å². The van der Waals surface area contributed by atoms with E-state index in [-0.39, 0.29) is 30.1 Å².